The fourth-order valence-corrected chi connectivity index (χ4v) is 4.36. The SMILES string of the molecule is COn1c(=O)c(-c2c(F)cccc2Cl)cc2cnc(Nc3cc(C(=O)N4CCOCC4)[nH]c3C)nc21. The van der Waals surface area contributed by atoms with Gasteiger partial charge in [-0.15, -0.1) is 4.73 Å². The highest BCUT2D eigenvalue weighted by atomic mass is 35.5. The minimum absolute atomic E-state index is 0.0181. The van der Waals surface area contributed by atoms with Gasteiger partial charge in [0, 0.05) is 35.9 Å². The first-order valence-corrected chi connectivity index (χ1v) is 11.5. The molecule has 186 valence electrons. The number of aryl methyl sites for hydroxylation is 1. The predicted octanol–water partition coefficient (Wildman–Crippen LogP) is 3.16. The van der Waals surface area contributed by atoms with Gasteiger partial charge < -0.3 is 24.8 Å². The lowest BCUT2D eigenvalue weighted by Crippen LogP contribution is -2.40. The third-order valence-electron chi connectivity index (χ3n) is 5.91. The van der Waals surface area contributed by atoms with Crippen LogP contribution in [-0.2, 0) is 4.74 Å². The number of amides is 1. The second-order valence-electron chi connectivity index (χ2n) is 8.16. The van der Waals surface area contributed by atoms with E-state index in [4.69, 9.17) is 21.2 Å². The van der Waals surface area contributed by atoms with Crippen molar-refractivity contribution in [1.82, 2.24) is 24.6 Å². The van der Waals surface area contributed by atoms with E-state index >= 15 is 0 Å². The Hall–Kier alpha value is -3.96. The van der Waals surface area contributed by atoms with Crippen LogP contribution in [0.2, 0.25) is 5.02 Å². The summed E-state index contributed by atoms with van der Waals surface area (Å²) in [5.41, 5.74) is 1.28. The molecule has 0 unspecified atom stereocenters. The van der Waals surface area contributed by atoms with Crippen molar-refractivity contribution in [2.75, 3.05) is 38.7 Å². The van der Waals surface area contributed by atoms with Gasteiger partial charge in [0.25, 0.3) is 11.5 Å². The fourth-order valence-electron chi connectivity index (χ4n) is 4.09. The van der Waals surface area contributed by atoms with Crippen molar-refractivity contribution < 1.29 is 18.8 Å². The van der Waals surface area contributed by atoms with Crippen molar-refractivity contribution in [2.24, 2.45) is 0 Å². The van der Waals surface area contributed by atoms with Gasteiger partial charge in [0.1, 0.15) is 18.6 Å². The van der Waals surface area contributed by atoms with Crippen molar-refractivity contribution in [1.29, 1.82) is 0 Å². The molecule has 1 aliphatic rings. The number of carbonyl (C=O) groups excluding carboxylic acids is 1. The van der Waals surface area contributed by atoms with Gasteiger partial charge in [0.05, 0.1) is 29.5 Å². The monoisotopic (exact) mass is 512 g/mol. The zero-order valence-corrected chi connectivity index (χ0v) is 20.2. The molecule has 0 spiro atoms. The maximum atomic E-state index is 14.5. The average molecular weight is 513 g/mol. The Labute approximate surface area is 209 Å². The molecule has 0 bridgehead atoms. The Balaban J connectivity index is 1.50. The quantitative estimate of drug-likeness (QED) is 0.422. The Morgan fingerprint density at radius 3 is 2.78 bits per heavy atom. The number of nitrogens with zero attached hydrogens (tertiary/aromatic N) is 4. The smallest absolute Gasteiger partial charge is 0.293 e. The van der Waals surface area contributed by atoms with Gasteiger partial charge in [-0.05, 0) is 31.2 Å². The number of anilines is 2. The van der Waals surface area contributed by atoms with E-state index in [2.05, 4.69) is 20.3 Å². The molecular weight excluding hydrogens is 491 g/mol. The summed E-state index contributed by atoms with van der Waals surface area (Å²) in [5, 5.41) is 3.61. The number of ether oxygens (including phenoxy) is 1. The van der Waals surface area contributed by atoms with Crippen molar-refractivity contribution >= 4 is 40.2 Å². The molecule has 4 aromatic rings. The molecule has 0 aliphatic carbocycles. The summed E-state index contributed by atoms with van der Waals surface area (Å²) < 4.78 is 20.8. The summed E-state index contributed by atoms with van der Waals surface area (Å²) in [4.78, 5) is 44.8. The normalized spacial score (nSPS) is 13.7. The van der Waals surface area contributed by atoms with Crippen LogP contribution in [-0.4, -0.2) is 63.9 Å². The molecule has 2 N–H and O–H groups in total. The van der Waals surface area contributed by atoms with E-state index in [-0.39, 0.29) is 33.7 Å². The summed E-state index contributed by atoms with van der Waals surface area (Å²) in [6.07, 6.45) is 1.49. The van der Waals surface area contributed by atoms with Gasteiger partial charge in [-0.1, -0.05) is 17.7 Å². The Morgan fingerprint density at radius 1 is 1.28 bits per heavy atom. The van der Waals surface area contributed by atoms with Crippen molar-refractivity contribution in [3.05, 3.63) is 69.1 Å². The van der Waals surface area contributed by atoms with E-state index in [0.717, 1.165) is 4.73 Å². The van der Waals surface area contributed by atoms with Gasteiger partial charge in [0.2, 0.25) is 5.95 Å². The van der Waals surface area contributed by atoms with E-state index in [9.17, 15) is 14.0 Å². The van der Waals surface area contributed by atoms with E-state index in [1.54, 1.807) is 11.0 Å². The zero-order chi connectivity index (χ0) is 25.4. The largest absolute Gasteiger partial charge is 0.412 e. The number of hydrogen-bond donors (Lipinski definition) is 2. The van der Waals surface area contributed by atoms with Crippen LogP contribution in [0.1, 0.15) is 16.2 Å². The van der Waals surface area contributed by atoms with Gasteiger partial charge in [-0.3, -0.25) is 9.59 Å². The first kappa shape index (κ1) is 23.8. The molecule has 0 saturated carbocycles. The van der Waals surface area contributed by atoms with Crippen LogP contribution < -0.4 is 15.7 Å². The Bertz CT molecular complexity index is 1510. The third-order valence-corrected chi connectivity index (χ3v) is 6.22. The van der Waals surface area contributed by atoms with Crippen LogP contribution in [0.15, 0.2) is 41.3 Å². The molecular formula is C24H22ClFN6O4. The molecule has 5 rings (SSSR count). The van der Waals surface area contributed by atoms with E-state index in [1.807, 2.05) is 6.92 Å². The lowest BCUT2D eigenvalue weighted by molar-refractivity contribution is 0.0299. The maximum absolute atomic E-state index is 14.5. The lowest BCUT2D eigenvalue weighted by Gasteiger charge is -2.26. The molecule has 1 aliphatic heterocycles. The third kappa shape index (κ3) is 4.27. The molecule has 3 aromatic heterocycles. The van der Waals surface area contributed by atoms with Crippen LogP contribution in [0.25, 0.3) is 22.2 Å². The Kier molecular flexibility index (Phi) is 6.33. The van der Waals surface area contributed by atoms with E-state index in [0.29, 0.717) is 48.8 Å². The summed E-state index contributed by atoms with van der Waals surface area (Å²) in [7, 11) is 1.31. The van der Waals surface area contributed by atoms with Crippen molar-refractivity contribution in [3.63, 3.8) is 0 Å². The second kappa shape index (κ2) is 9.59. The molecule has 36 heavy (non-hydrogen) atoms. The van der Waals surface area contributed by atoms with Gasteiger partial charge in [-0.2, -0.15) is 4.98 Å². The molecule has 0 radical (unpaired) electrons. The number of carbonyl (C=O) groups is 1. The maximum Gasteiger partial charge on any atom is 0.293 e. The molecule has 0 atom stereocenters. The van der Waals surface area contributed by atoms with E-state index < -0.39 is 11.4 Å². The number of aromatic nitrogens is 4. The lowest BCUT2D eigenvalue weighted by atomic mass is 10.1. The standard InChI is InChI=1S/C24H22ClFN6O4/c1-13-18(11-19(28-13)23(34)31-6-8-36-9-7-31)29-24-27-12-14-10-15(20-16(25)4-3-5-17(20)26)22(33)32(35-2)21(14)30-24/h3-5,10-12,28H,6-9H2,1-2H3,(H,27,29,30). The number of pyridine rings is 1. The number of benzene rings is 1. The van der Waals surface area contributed by atoms with Crippen LogP contribution in [0, 0.1) is 12.7 Å². The summed E-state index contributed by atoms with van der Waals surface area (Å²) >= 11 is 6.18. The molecule has 1 aromatic carbocycles. The van der Waals surface area contributed by atoms with Gasteiger partial charge in [-0.25, -0.2) is 9.37 Å². The van der Waals surface area contributed by atoms with Crippen molar-refractivity contribution in [3.8, 4) is 11.1 Å². The number of nitrogens with one attached hydrogen (secondary N) is 2. The Morgan fingerprint density at radius 2 is 2.06 bits per heavy atom. The first-order chi connectivity index (χ1) is 17.4. The zero-order valence-electron chi connectivity index (χ0n) is 19.5. The molecule has 1 saturated heterocycles. The number of aromatic amines is 1. The number of morpholine rings is 1. The highest BCUT2D eigenvalue weighted by Gasteiger charge is 2.22. The average Bonchev–Trinajstić information content (AvgIpc) is 3.24. The van der Waals surface area contributed by atoms with Crippen molar-refractivity contribution in [2.45, 2.75) is 6.92 Å². The van der Waals surface area contributed by atoms with Crippen LogP contribution in [0.5, 0.6) is 0 Å². The number of hydrogen-bond acceptors (Lipinski definition) is 7. The predicted molar refractivity (Wildman–Crippen MR) is 132 cm³/mol. The summed E-state index contributed by atoms with van der Waals surface area (Å²) in [6, 6.07) is 7.35. The molecule has 10 nitrogen and oxygen atoms in total. The number of fused-ring (bicyclic) bond motifs is 1. The second-order valence-corrected chi connectivity index (χ2v) is 8.57. The van der Waals surface area contributed by atoms with Gasteiger partial charge >= 0.3 is 0 Å². The topological polar surface area (TPSA) is 114 Å². The van der Waals surface area contributed by atoms with Crippen LogP contribution in [0.4, 0.5) is 16.0 Å². The minimum Gasteiger partial charge on any atom is -0.412 e. The van der Waals surface area contributed by atoms with E-state index in [1.165, 1.54) is 37.6 Å². The first-order valence-electron chi connectivity index (χ1n) is 11.1. The number of H-pyrrole nitrogens is 1. The molecule has 4 heterocycles. The van der Waals surface area contributed by atoms with Crippen LogP contribution >= 0.6 is 11.6 Å². The fraction of sp³-hybridized carbons (Fsp3) is 0.250. The highest BCUT2D eigenvalue weighted by molar-refractivity contribution is 6.33. The number of halogens is 2. The highest BCUT2D eigenvalue weighted by Crippen LogP contribution is 2.30. The summed E-state index contributed by atoms with van der Waals surface area (Å²) in [5.74, 6) is -0.579. The van der Waals surface area contributed by atoms with Crippen LogP contribution in [0.3, 0.4) is 0 Å². The minimum atomic E-state index is -0.633. The molecule has 12 heteroatoms. The molecule has 1 amide bonds. The summed E-state index contributed by atoms with van der Waals surface area (Å²) in [6.45, 7) is 3.89. The molecule has 1 fully saturated rings. The number of rotatable bonds is 5. The van der Waals surface area contributed by atoms with Gasteiger partial charge in [0.15, 0.2) is 5.65 Å².